The predicted molar refractivity (Wildman–Crippen MR) is 97.0 cm³/mol. The Morgan fingerprint density at radius 2 is 2.12 bits per heavy atom. The van der Waals surface area contributed by atoms with Crippen LogP contribution in [-0.2, 0) is 4.79 Å². The zero-order valence-corrected chi connectivity index (χ0v) is 15.7. The van der Waals surface area contributed by atoms with Gasteiger partial charge < -0.3 is 10.2 Å². The van der Waals surface area contributed by atoms with Gasteiger partial charge in [0.05, 0.1) is 15.9 Å². The van der Waals surface area contributed by atoms with E-state index < -0.39 is 16.7 Å². The topological polar surface area (TPSA) is 116 Å². The van der Waals surface area contributed by atoms with Crippen LogP contribution in [-0.4, -0.2) is 41.3 Å². The van der Waals surface area contributed by atoms with Crippen LogP contribution >= 0.6 is 11.3 Å². The first-order valence-corrected chi connectivity index (χ1v) is 9.44. The summed E-state index contributed by atoms with van der Waals surface area (Å²) >= 11 is 0.859. The molecule has 1 saturated carbocycles. The largest absolute Gasteiger partial charge is 0.355 e. The van der Waals surface area contributed by atoms with Crippen molar-refractivity contribution in [2.75, 3.05) is 13.6 Å². The van der Waals surface area contributed by atoms with Gasteiger partial charge in [0.25, 0.3) is 11.6 Å². The molecule has 0 radical (unpaired) electrons. The number of carbonyl (C=O) groups excluding carboxylic acids is 2. The van der Waals surface area contributed by atoms with Crippen molar-refractivity contribution in [3.8, 4) is 6.07 Å². The normalized spacial score (nSPS) is 15.7. The third-order valence-electron chi connectivity index (χ3n) is 4.59. The van der Waals surface area contributed by atoms with E-state index in [0.717, 1.165) is 43.4 Å². The number of rotatable bonds is 6. The number of thiophene rings is 1. The Morgan fingerprint density at radius 3 is 2.65 bits per heavy atom. The summed E-state index contributed by atoms with van der Waals surface area (Å²) in [4.78, 5) is 37.4. The molecule has 9 heteroatoms. The molecule has 1 atom stereocenters. The highest BCUT2D eigenvalue weighted by Gasteiger charge is 2.34. The number of nitrogens with zero attached hydrogens (tertiary/aromatic N) is 3. The fourth-order valence-electron chi connectivity index (χ4n) is 3.17. The number of carbonyl (C=O) groups is 2. The summed E-state index contributed by atoms with van der Waals surface area (Å²) < 4.78 is 0. The van der Waals surface area contributed by atoms with Gasteiger partial charge in [0.2, 0.25) is 5.91 Å². The van der Waals surface area contributed by atoms with Gasteiger partial charge in [-0.3, -0.25) is 19.7 Å². The zero-order valence-electron chi connectivity index (χ0n) is 14.9. The molecule has 1 aliphatic rings. The van der Waals surface area contributed by atoms with Crippen molar-refractivity contribution >= 4 is 28.8 Å². The lowest BCUT2D eigenvalue weighted by Gasteiger charge is -2.30. The highest BCUT2D eigenvalue weighted by atomic mass is 32.1. The third kappa shape index (κ3) is 4.19. The van der Waals surface area contributed by atoms with Gasteiger partial charge in [-0.15, -0.1) is 11.3 Å². The Bertz CT molecular complexity index is 734. The van der Waals surface area contributed by atoms with Gasteiger partial charge in [-0.25, -0.2) is 0 Å². The van der Waals surface area contributed by atoms with Gasteiger partial charge in [0.1, 0.15) is 4.88 Å². The van der Waals surface area contributed by atoms with Crippen LogP contribution < -0.4 is 5.32 Å². The first-order chi connectivity index (χ1) is 12.4. The van der Waals surface area contributed by atoms with E-state index in [2.05, 4.69) is 5.32 Å². The number of amides is 2. The Labute approximate surface area is 155 Å². The predicted octanol–water partition coefficient (Wildman–Crippen LogP) is 2.80. The minimum absolute atomic E-state index is 0.00356. The van der Waals surface area contributed by atoms with Crippen LogP contribution in [0.25, 0.3) is 0 Å². The maximum Gasteiger partial charge on any atom is 0.285 e. The maximum absolute atomic E-state index is 12.8. The molecule has 0 aromatic carbocycles. The van der Waals surface area contributed by atoms with E-state index in [-0.39, 0.29) is 27.4 Å². The molecule has 0 aliphatic heterocycles. The van der Waals surface area contributed by atoms with Crippen molar-refractivity contribution in [1.29, 1.82) is 5.26 Å². The Hall–Kier alpha value is -2.47. The summed E-state index contributed by atoms with van der Waals surface area (Å²) in [5.41, 5.74) is -0.354. The fourth-order valence-corrected chi connectivity index (χ4v) is 4.33. The van der Waals surface area contributed by atoms with Crippen LogP contribution in [0.1, 0.15) is 59.5 Å². The van der Waals surface area contributed by atoms with E-state index in [1.165, 1.54) is 6.07 Å². The molecule has 2 rings (SSSR count). The molecule has 1 aromatic rings. The lowest BCUT2D eigenvalue weighted by molar-refractivity contribution is -0.385. The summed E-state index contributed by atoms with van der Waals surface area (Å²) in [6, 6.07) is 3.12. The van der Waals surface area contributed by atoms with Crippen molar-refractivity contribution in [1.82, 2.24) is 10.2 Å². The molecule has 0 saturated heterocycles. The van der Waals surface area contributed by atoms with E-state index in [1.807, 2.05) is 6.07 Å². The van der Waals surface area contributed by atoms with Crippen LogP contribution in [0, 0.1) is 21.4 Å². The molecule has 1 aromatic heterocycles. The molecule has 8 nitrogen and oxygen atoms in total. The van der Waals surface area contributed by atoms with Gasteiger partial charge >= 0.3 is 0 Å². The molecule has 1 unspecified atom stereocenters. The highest BCUT2D eigenvalue weighted by Crippen LogP contribution is 2.36. The van der Waals surface area contributed by atoms with Crippen molar-refractivity contribution in [2.24, 2.45) is 0 Å². The molecule has 1 aliphatic carbocycles. The van der Waals surface area contributed by atoms with Gasteiger partial charge in [-0.2, -0.15) is 5.26 Å². The van der Waals surface area contributed by atoms with E-state index in [0.29, 0.717) is 6.54 Å². The van der Waals surface area contributed by atoms with E-state index in [4.69, 9.17) is 0 Å². The van der Waals surface area contributed by atoms with Gasteiger partial charge in [0.15, 0.2) is 5.92 Å². The number of nitrogens with one attached hydrogen (secondary N) is 1. The second-order valence-electron chi connectivity index (χ2n) is 6.28. The summed E-state index contributed by atoms with van der Waals surface area (Å²) in [6.07, 6.45) is 5.12. The highest BCUT2D eigenvalue weighted by molar-refractivity contribution is 7.14. The van der Waals surface area contributed by atoms with Crippen molar-refractivity contribution in [3.63, 3.8) is 0 Å². The summed E-state index contributed by atoms with van der Waals surface area (Å²) in [6.45, 7) is 2.01. The van der Waals surface area contributed by atoms with Crippen LogP contribution in [0.2, 0.25) is 0 Å². The van der Waals surface area contributed by atoms with Crippen molar-refractivity contribution in [2.45, 2.75) is 51.0 Å². The van der Waals surface area contributed by atoms with Crippen LogP contribution in [0.15, 0.2) is 6.07 Å². The minimum atomic E-state index is -1.30. The number of nitriles is 1. The molecule has 1 fully saturated rings. The molecular formula is C17H22N4O4S. The van der Waals surface area contributed by atoms with Gasteiger partial charge in [0, 0.05) is 25.7 Å². The molecule has 0 spiro atoms. The molecule has 26 heavy (non-hydrogen) atoms. The Balaban J connectivity index is 2.33. The Kier molecular flexibility index (Phi) is 6.69. The molecule has 1 N–H and O–H groups in total. The number of nitro groups is 1. The number of hydrogen-bond donors (Lipinski definition) is 1. The maximum atomic E-state index is 12.8. The fraction of sp³-hybridized carbons (Fsp3) is 0.588. The quantitative estimate of drug-likeness (QED) is 0.603. The summed E-state index contributed by atoms with van der Waals surface area (Å²) in [7, 11) is 1.70. The lowest BCUT2D eigenvalue weighted by Crippen LogP contribution is -2.37. The van der Waals surface area contributed by atoms with Crippen LogP contribution in [0.3, 0.4) is 0 Å². The zero-order chi connectivity index (χ0) is 19.3. The average molecular weight is 378 g/mol. The average Bonchev–Trinajstić information content (AvgIpc) is 3.07. The molecule has 2 amide bonds. The molecule has 140 valence electrons. The van der Waals surface area contributed by atoms with E-state index >= 15 is 0 Å². The second kappa shape index (κ2) is 8.76. The Morgan fingerprint density at radius 1 is 1.46 bits per heavy atom. The smallest absolute Gasteiger partial charge is 0.285 e. The minimum Gasteiger partial charge on any atom is -0.355 e. The first kappa shape index (κ1) is 19.8. The van der Waals surface area contributed by atoms with E-state index in [9.17, 15) is 25.0 Å². The van der Waals surface area contributed by atoms with Crippen molar-refractivity contribution in [3.05, 3.63) is 25.9 Å². The standard InChI is InChI=1S/C17H22N4O4S/c1-3-19-16(22)12(10-18)15-13(21(24)25)9-14(26-15)17(23)20(2)11-7-5-4-6-8-11/h9,11-12H,3-8H2,1-2H3,(H,19,22). The van der Waals surface area contributed by atoms with E-state index in [1.54, 1.807) is 18.9 Å². The molecule has 0 bridgehead atoms. The van der Waals surface area contributed by atoms with Gasteiger partial charge in [-0.05, 0) is 19.8 Å². The SMILES string of the molecule is CCNC(=O)C(C#N)c1sc(C(=O)N(C)C2CCCCC2)cc1[N+](=O)[O-]. The van der Waals surface area contributed by atoms with Crippen LogP contribution in [0.4, 0.5) is 5.69 Å². The summed E-state index contributed by atoms with van der Waals surface area (Å²) in [5, 5.41) is 23.2. The van der Waals surface area contributed by atoms with Crippen LogP contribution in [0.5, 0.6) is 0 Å². The molecule has 1 heterocycles. The van der Waals surface area contributed by atoms with Crippen molar-refractivity contribution < 1.29 is 14.5 Å². The number of likely N-dealkylation sites (N-methyl/N-ethyl adjacent to an activating group) is 1. The van der Waals surface area contributed by atoms with Gasteiger partial charge in [-0.1, -0.05) is 19.3 Å². The first-order valence-electron chi connectivity index (χ1n) is 8.63. The monoisotopic (exact) mass is 378 g/mol. The summed E-state index contributed by atoms with van der Waals surface area (Å²) in [5.74, 6) is -2.20. The molecular weight excluding hydrogens is 356 g/mol. The number of hydrogen-bond acceptors (Lipinski definition) is 6. The lowest BCUT2D eigenvalue weighted by atomic mass is 9.94. The second-order valence-corrected chi connectivity index (χ2v) is 7.37. The third-order valence-corrected chi connectivity index (χ3v) is 5.77.